The number of hydrogen-bond donors (Lipinski definition) is 0. The summed E-state index contributed by atoms with van der Waals surface area (Å²) in [4.78, 5) is 14.4. The average molecular weight is 243 g/mol. The minimum atomic E-state index is 0.253. The minimum absolute atomic E-state index is 0.253. The highest BCUT2D eigenvalue weighted by atomic mass is 16.2. The molecular formula is C16H21NO. The van der Waals surface area contributed by atoms with Crippen molar-refractivity contribution in [2.75, 3.05) is 0 Å². The second kappa shape index (κ2) is 3.84. The molecule has 1 fully saturated rings. The Balaban J connectivity index is 1.86. The van der Waals surface area contributed by atoms with Gasteiger partial charge in [-0.3, -0.25) is 4.79 Å². The number of nitrogens with zero attached hydrogens (tertiary/aromatic N) is 1. The van der Waals surface area contributed by atoms with Crippen molar-refractivity contribution in [3.63, 3.8) is 0 Å². The maximum atomic E-state index is 12.3. The Morgan fingerprint density at radius 3 is 2.61 bits per heavy atom. The SMILES string of the molecule is CC(C)(C)Cc1ccc2c(c1)C(=O)N(C1CC1)C2. The quantitative estimate of drug-likeness (QED) is 0.779. The highest BCUT2D eigenvalue weighted by Gasteiger charge is 2.38. The van der Waals surface area contributed by atoms with E-state index in [1.165, 1.54) is 24.0 Å². The number of carbonyl (C=O) groups is 1. The van der Waals surface area contributed by atoms with Crippen LogP contribution in [0.4, 0.5) is 0 Å². The van der Waals surface area contributed by atoms with E-state index < -0.39 is 0 Å². The molecule has 1 aromatic carbocycles. The summed E-state index contributed by atoms with van der Waals surface area (Å²) in [6, 6.07) is 6.98. The molecule has 2 aliphatic rings. The molecule has 0 aromatic heterocycles. The van der Waals surface area contributed by atoms with Gasteiger partial charge in [0.2, 0.25) is 0 Å². The highest BCUT2D eigenvalue weighted by molar-refractivity contribution is 5.98. The molecule has 1 heterocycles. The van der Waals surface area contributed by atoms with Crippen LogP contribution in [0.5, 0.6) is 0 Å². The van der Waals surface area contributed by atoms with Gasteiger partial charge in [0.1, 0.15) is 0 Å². The van der Waals surface area contributed by atoms with E-state index in [0.717, 1.165) is 18.5 Å². The molecule has 0 bridgehead atoms. The van der Waals surface area contributed by atoms with Crippen molar-refractivity contribution in [2.24, 2.45) is 5.41 Å². The number of rotatable bonds is 2. The topological polar surface area (TPSA) is 20.3 Å². The summed E-state index contributed by atoms with van der Waals surface area (Å²) >= 11 is 0. The molecule has 18 heavy (non-hydrogen) atoms. The predicted octanol–water partition coefficient (Wildman–Crippen LogP) is 3.39. The van der Waals surface area contributed by atoms with E-state index in [-0.39, 0.29) is 11.3 Å². The van der Waals surface area contributed by atoms with Crippen LogP contribution in [0.2, 0.25) is 0 Å². The van der Waals surface area contributed by atoms with Gasteiger partial charge in [0.15, 0.2) is 0 Å². The van der Waals surface area contributed by atoms with Crippen molar-refractivity contribution in [1.29, 1.82) is 0 Å². The van der Waals surface area contributed by atoms with Crippen molar-refractivity contribution in [1.82, 2.24) is 4.90 Å². The third kappa shape index (κ3) is 2.16. The number of amides is 1. The summed E-state index contributed by atoms with van der Waals surface area (Å²) < 4.78 is 0. The Bertz CT molecular complexity index is 494. The van der Waals surface area contributed by atoms with Gasteiger partial charge in [-0.25, -0.2) is 0 Å². The van der Waals surface area contributed by atoms with E-state index >= 15 is 0 Å². The normalized spacial score (nSPS) is 19.3. The van der Waals surface area contributed by atoms with Crippen molar-refractivity contribution in [3.8, 4) is 0 Å². The molecule has 2 heteroatoms. The number of hydrogen-bond acceptors (Lipinski definition) is 1. The number of fused-ring (bicyclic) bond motifs is 1. The van der Waals surface area contributed by atoms with Crippen LogP contribution >= 0.6 is 0 Å². The smallest absolute Gasteiger partial charge is 0.254 e. The molecular weight excluding hydrogens is 222 g/mol. The zero-order valence-corrected chi connectivity index (χ0v) is 11.5. The van der Waals surface area contributed by atoms with E-state index in [9.17, 15) is 4.79 Å². The number of carbonyl (C=O) groups excluding carboxylic acids is 1. The predicted molar refractivity (Wildman–Crippen MR) is 72.5 cm³/mol. The Kier molecular flexibility index (Phi) is 2.51. The lowest BCUT2D eigenvalue weighted by Crippen LogP contribution is -2.25. The Labute approximate surface area is 109 Å². The van der Waals surface area contributed by atoms with Crippen LogP contribution in [0, 0.1) is 5.41 Å². The largest absolute Gasteiger partial charge is 0.331 e. The Hall–Kier alpha value is -1.31. The molecule has 1 aliphatic carbocycles. The fraction of sp³-hybridized carbons (Fsp3) is 0.562. The fourth-order valence-corrected chi connectivity index (χ4v) is 2.77. The van der Waals surface area contributed by atoms with Gasteiger partial charge in [0.25, 0.3) is 5.91 Å². The maximum absolute atomic E-state index is 12.3. The molecule has 2 nitrogen and oxygen atoms in total. The van der Waals surface area contributed by atoms with Gasteiger partial charge < -0.3 is 4.90 Å². The first-order valence-corrected chi connectivity index (χ1v) is 6.87. The van der Waals surface area contributed by atoms with Crippen LogP contribution < -0.4 is 0 Å². The molecule has 0 atom stereocenters. The van der Waals surface area contributed by atoms with Gasteiger partial charge >= 0.3 is 0 Å². The van der Waals surface area contributed by atoms with Crippen molar-refractivity contribution < 1.29 is 4.79 Å². The monoisotopic (exact) mass is 243 g/mol. The summed E-state index contributed by atoms with van der Waals surface area (Å²) in [5.74, 6) is 0.253. The molecule has 3 rings (SSSR count). The molecule has 0 unspecified atom stereocenters. The van der Waals surface area contributed by atoms with E-state index in [1.54, 1.807) is 0 Å². The standard InChI is InChI=1S/C16H21NO/c1-16(2,3)9-11-4-5-12-10-17(13-6-7-13)15(18)14(12)8-11/h4-5,8,13H,6-7,9-10H2,1-3H3. The van der Waals surface area contributed by atoms with Crippen molar-refractivity contribution >= 4 is 5.91 Å². The van der Waals surface area contributed by atoms with Gasteiger partial charge in [-0.15, -0.1) is 0 Å². The Morgan fingerprint density at radius 1 is 1.28 bits per heavy atom. The van der Waals surface area contributed by atoms with Crippen LogP contribution in [0.1, 0.15) is 55.1 Å². The molecule has 1 aliphatic heterocycles. The fourth-order valence-electron chi connectivity index (χ4n) is 2.77. The summed E-state index contributed by atoms with van der Waals surface area (Å²) in [5, 5.41) is 0. The molecule has 0 radical (unpaired) electrons. The van der Waals surface area contributed by atoms with Gasteiger partial charge in [0, 0.05) is 18.2 Å². The lowest BCUT2D eigenvalue weighted by atomic mass is 9.87. The van der Waals surface area contributed by atoms with Gasteiger partial charge in [-0.2, -0.15) is 0 Å². The summed E-state index contributed by atoms with van der Waals surface area (Å²) in [5.41, 5.74) is 3.71. The first-order chi connectivity index (χ1) is 8.44. The lowest BCUT2D eigenvalue weighted by Gasteiger charge is -2.18. The van der Waals surface area contributed by atoms with E-state index in [4.69, 9.17) is 0 Å². The summed E-state index contributed by atoms with van der Waals surface area (Å²) in [6.07, 6.45) is 3.40. The molecule has 0 saturated heterocycles. The average Bonchev–Trinajstić information content (AvgIpc) is 3.04. The zero-order chi connectivity index (χ0) is 12.9. The van der Waals surface area contributed by atoms with Gasteiger partial charge in [-0.05, 0) is 41.9 Å². The van der Waals surface area contributed by atoms with Crippen LogP contribution in [0.3, 0.4) is 0 Å². The zero-order valence-electron chi connectivity index (χ0n) is 11.5. The van der Waals surface area contributed by atoms with Crippen molar-refractivity contribution in [2.45, 2.75) is 52.6 Å². The second-order valence-electron chi connectivity index (χ2n) is 6.89. The van der Waals surface area contributed by atoms with Crippen molar-refractivity contribution in [3.05, 3.63) is 34.9 Å². The Morgan fingerprint density at radius 2 is 2.00 bits per heavy atom. The molecule has 96 valence electrons. The molecule has 0 spiro atoms. The van der Waals surface area contributed by atoms with Gasteiger partial charge in [0.05, 0.1) is 0 Å². The van der Waals surface area contributed by atoms with E-state index in [0.29, 0.717) is 6.04 Å². The second-order valence-corrected chi connectivity index (χ2v) is 6.89. The number of benzene rings is 1. The first-order valence-electron chi connectivity index (χ1n) is 6.87. The minimum Gasteiger partial charge on any atom is -0.331 e. The van der Waals surface area contributed by atoms with Crippen LogP contribution in [-0.4, -0.2) is 16.8 Å². The first kappa shape index (κ1) is 11.8. The maximum Gasteiger partial charge on any atom is 0.254 e. The molecule has 1 amide bonds. The van der Waals surface area contributed by atoms with Crippen LogP contribution in [-0.2, 0) is 13.0 Å². The van der Waals surface area contributed by atoms with Crippen LogP contribution in [0.15, 0.2) is 18.2 Å². The van der Waals surface area contributed by atoms with Crippen LogP contribution in [0.25, 0.3) is 0 Å². The lowest BCUT2D eigenvalue weighted by molar-refractivity contribution is 0.0766. The molecule has 1 saturated carbocycles. The highest BCUT2D eigenvalue weighted by Crippen LogP contribution is 2.35. The summed E-state index contributed by atoms with van der Waals surface area (Å²) in [7, 11) is 0. The molecule has 1 aromatic rings. The third-order valence-corrected chi connectivity index (χ3v) is 3.73. The molecule has 0 N–H and O–H groups in total. The summed E-state index contributed by atoms with van der Waals surface area (Å²) in [6.45, 7) is 7.53. The third-order valence-electron chi connectivity index (χ3n) is 3.73. The van der Waals surface area contributed by atoms with E-state index in [1.807, 2.05) is 4.90 Å². The van der Waals surface area contributed by atoms with E-state index in [2.05, 4.69) is 39.0 Å². The van der Waals surface area contributed by atoms with Gasteiger partial charge in [-0.1, -0.05) is 32.9 Å².